The van der Waals surface area contributed by atoms with Crippen molar-refractivity contribution < 1.29 is 21.6 Å². The van der Waals surface area contributed by atoms with Crippen LogP contribution in [0.3, 0.4) is 0 Å². The molecule has 0 aromatic rings. The van der Waals surface area contributed by atoms with E-state index in [-0.39, 0.29) is 0 Å². The van der Waals surface area contributed by atoms with Gasteiger partial charge in [0.1, 0.15) is 0 Å². The number of nitrogens with zero attached hydrogens (tertiary/aromatic N) is 4. The molecule has 0 heterocycles. The van der Waals surface area contributed by atoms with Crippen molar-refractivity contribution in [2.75, 3.05) is 0 Å². The van der Waals surface area contributed by atoms with Gasteiger partial charge in [0.05, 0.1) is 0 Å². The summed E-state index contributed by atoms with van der Waals surface area (Å²) in [4.78, 5) is 0. The van der Waals surface area contributed by atoms with Crippen molar-refractivity contribution in [2.24, 2.45) is 0 Å². The predicted octanol–water partition coefficient (Wildman–Crippen LogP) is -0.123. The quantitative estimate of drug-likeness (QED) is 0.466. The van der Waals surface area contributed by atoms with Crippen LogP contribution in [0.15, 0.2) is 0 Å². The van der Waals surface area contributed by atoms with Crippen molar-refractivity contribution in [1.82, 2.24) is 0 Å². The maximum absolute atomic E-state index is 11.0. The monoisotopic (exact) mass is 242 g/mol. The van der Waals surface area contributed by atoms with E-state index in [0.29, 0.717) is 0 Å². The third kappa shape index (κ3) is 1.37. The van der Waals surface area contributed by atoms with E-state index in [2.05, 4.69) is 3.46 Å². The summed E-state index contributed by atoms with van der Waals surface area (Å²) in [6, 6.07) is 0. The van der Waals surface area contributed by atoms with Gasteiger partial charge in [-0.3, -0.25) is 0 Å². The summed E-state index contributed by atoms with van der Waals surface area (Å²) >= 11 is -5.72. The number of nitriles is 4. The minimum atomic E-state index is -5.72. The van der Waals surface area contributed by atoms with Crippen molar-refractivity contribution in [2.45, 2.75) is 0 Å². The second kappa shape index (κ2) is 2.45. The first-order chi connectivity index (χ1) is 5.04. The van der Waals surface area contributed by atoms with E-state index in [9.17, 15) is 3.47 Å². The molecule has 0 saturated carbocycles. The van der Waals surface area contributed by atoms with Crippen molar-refractivity contribution in [3.8, 4) is 19.9 Å². The molecule has 11 heavy (non-hydrogen) atoms. The Morgan fingerprint density at radius 2 is 1.36 bits per heavy atom. The van der Waals surface area contributed by atoms with E-state index < -0.39 is 14.6 Å². The normalized spacial score (nSPS) is 11.8. The summed E-state index contributed by atoms with van der Waals surface area (Å²) in [6.45, 7) is 0. The molecule has 0 bridgehead atoms. The molecule has 0 amide bonds. The fourth-order valence-electron chi connectivity index (χ4n) is 0.146. The van der Waals surface area contributed by atoms with Crippen LogP contribution in [0.2, 0.25) is 0 Å². The molecule has 0 rings (SSSR count). The fourth-order valence-corrected chi connectivity index (χ4v) is 0.863. The molecule has 0 radical (unpaired) electrons. The molecule has 0 aromatic carbocycles. The first-order valence-electron chi connectivity index (χ1n) is 1.83. The van der Waals surface area contributed by atoms with Gasteiger partial charge in [-0.15, -0.1) is 0 Å². The molecule has 7 heteroatoms. The average Bonchev–Trinajstić information content (AvgIpc) is 2.06. The molecular formula is C4N4O2Pd. The molecule has 0 spiro atoms. The zero-order valence-electron chi connectivity index (χ0n) is 4.92. The Kier molecular flexibility index (Phi) is 2.06. The van der Waals surface area contributed by atoms with Crippen LogP contribution in [-0.2, 0) is 21.6 Å². The second-order valence-electron chi connectivity index (χ2n) is 1.05. The molecule has 0 unspecified atom stereocenters. The van der Waals surface area contributed by atoms with Crippen molar-refractivity contribution in [1.29, 1.82) is 21.0 Å². The maximum atomic E-state index is 11.0. The summed E-state index contributed by atoms with van der Waals surface area (Å²) in [6.07, 6.45) is 0.894. The Hall–Kier alpha value is -1.78. The van der Waals surface area contributed by atoms with Gasteiger partial charge in [-0.25, -0.2) is 0 Å². The van der Waals surface area contributed by atoms with Gasteiger partial charge in [0, 0.05) is 0 Å². The summed E-state index contributed by atoms with van der Waals surface area (Å²) in [5.74, 6) is 0. The molecule has 6 nitrogen and oxygen atoms in total. The van der Waals surface area contributed by atoms with E-state index in [0.717, 1.165) is 19.9 Å². The van der Waals surface area contributed by atoms with E-state index in [1.807, 2.05) is 0 Å². The Bertz CT molecular complexity index is 352. The molecule has 0 aliphatic heterocycles. The molecule has 0 aliphatic rings. The van der Waals surface area contributed by atoms with Gasteiger partial charge < -0.3 is 0 Å². The van der Waals surface area contributed by atoms with Gasteiger partial charge in [0.15, 0.2) is 0 Å². The Labute approximate surface area is 63.0 Å². The Morgan fingerprint density at radius 3 is 1.45 bits per heavy atom. The third-order valence-corrected chi connectivity index (χ3v) is 3.18. The van der Waals surface area contributed by atoms with Gasteiger partial charge in [0.25, 0.3) is 0 Å². The van der Waals surface area contributed by atoms with Crippen LogP contribution in [0.25, 0.3) is 0 Å². The Balaban J connectivity index is 5.48. The van der Waals surface area contributed by atoms with Gasteiger partial charge in [-0.1, -0.05) is 0 Å². The molecule has 0 N–H and O–H groups in total. The number of hydrogen-bond donors (Lipinski definition) is 0. The van der Waals surface area contributed by atoms with Crippen LogP contribution in [0.1, 0.15) is 0 Å². The van der Waals surface area contributed by atoms with Gasteiger partial charge in [0.2, 0.25) is 0 Å². The average molecular weight is 242 g/mol. The number of rotatable bonds is 1. The Morgan fingerprint density at radius 1 is 1.00 bits per heavy atom. The SMILES string of the molecule is N#C[O][Pd](=[O])([C]#N)([C]#N)[C]#N. The molecule has 0 aliphatic carbocycles. The standard InChI is InChI=1S/CHNO.3CN.O.Pd/c2-1-3;3*1-2;;/h3H;;;;;/q;;;;;+1/p-1. The molecule has 0 atom stereocenters. The van der Waals surface area contributed by atoms with Gasteiger partial charge >= 0.3 is 62.5 Å². The summed E-state index contributed by atoms with van der Waals surface area (Å²) in [5.41, 5.74) is 0. The van der Waals surface area contributed by atoms with Crippen LogP contribution < -0.4 is 0 Å². The fraction of sp³-hybridized carbons (Fsp3) is 0. The van der Waals surface area contributed by atoms with E-state index in [1.165, 1.54) is 0 Å². The first-order valence-corrected chi connectivity index (χ1v) is 5.43. The zero-order chi connectivity index (χ0) is 8.98. The molecular weight excluding hydrogens is 242 g/mol. The van der Waals surface area contributed by atoms with Crippen LogP contribution in [-0.4, -0.2) is 0 Å². The van der Waals surface area contributed by atoms with Crippen LogP contribution in [0, 0.1) is 40.9 Å². The van der Waals surface area contributed by atoms with Crippen molar-refractivity contribution >= 4 is 0 Å². The van der Waals surface area contributed by atoms with Crippen molar-refractivity contribution in [3.63, 3.8) is 0 Å². The zero-order valence-corrected chi connectivity index (χ0v) is 6.48. The van der Waals surface area contributed by atoms with Gasteiger partial charge in [-0.05, 0) is 0 Å². The predicted molar refractivity (Wildman–Crippen MR) is 24.2 cm³/mol. The minimum absolute atomic E-state index is 0.894. The third-order valence-electron chi connectivity index (χ3n) is 0.537. The van der Waals surface area contributed by atoms with Crippen molar-refractivity contribution in [3.05, 3.63) is 0 Å². The van der Waals surface area contributed by atoms with Crippen LogP contribution >= 0.6 is 0 Å². The topological polar surface area (TPSA) is 121 Å². The summed E-state index contributed by atoms with van der Waals surface area (Å²) in [7, 11) is 0. The van der Waals surface area contributed by atoms with Crippen LogP contribution in [0.4, 0.5) is 0 Å². The molecule has 58 valence electrons. The van der Waals surface area contributed by atoms with E-state index in [4.69, 9.17) is 21.0 Å². The van der Waals surface area contributed by atoms with E-state index >= 15 is 0 Å². The molecule has 0 aromatic heterocycles. The first kappa shape index (κ1) is 9.22. The molecule has 0 fully saturated rings. The summed E-state index contributed by atoms with van der Waals surface area (Å²) < 4.78 is 17.5. The summed E-state index contributed by atoms with van der Waals surface area (Å²) in [5, 5.41) is 32.3. The number of hydrogen-bond acceptors (Lipinski definition) is 6. The molecule has 0 saturated heterocycles. The van der Waals surface area contributed by atoms with Gasteiger partial charge in [-0.2, -0.15) is 0 Å². The van der Waals surface area contributed by atoms with E-state index in [1.54, 1.807) is 0 Å². The second-order valence-corrected chi connectivity index (χ2v) is 5.73. The van der Waals surface area contributed by atoms with Crippen LogP contribution in [0.5, 0.6) is 0 Å².